The molecule has 2 unspecified atom stereocenters. The third-order valence-corrected chi connectivity index (χ3v) is 3.87. The van der Waals surface area contributed by atoms with Crippen LogP contribution < -0.4 is 5.32 Å². The largest absolute Gasteiger partial charge is 0.467 e. The van der Waals surface area contributed by atoms with E-state index >= 15 is 0 Å². The Morgan fingerprint density at radius 1 is 1.28 bits per heavy atom. The van der Waals surface area contributed by atoms with Crippen LogP contribution in [0.1, 0.15) is 33.6 Å². The number of esters is 1. The van der Waals surface area contributed by atoms with Crippen molar-refractivity contribution in [3.8, 4) is 0 Å². The summed E-state index contributed by atoms with van der Waals surface area (Å²) in [5, 5.41) is 11.2. The van der Waals surface area contributed by atoms with Crippen LogP contribution in [0.25, 0.3) is 0 Å². The summed E-state index contributed by atoms with van der Waals surface area (Å²) < 4.78 is 10.2. The molecule has 1 aliphatic rings. The monoisotopic (exact) mass is 370 g/mol. The van der Waals surface area contributed by atoms with E-state index in [2.05, 4.69) is 15.5 Å². The number of likely N-dealkylation sites (tertiary alicyclic amines) is 1. The lowest BCUT2D eigenvalue weighted by atomic mass is 9.98. The summed E-state index contributed by atoms with van der Waals surface area (Å²) in [4.78, 5) is 25.9. The molecule has 25 heavy (non-hydrogen) atoms. The number of amides is 1. The van der Waals surface area contributed by atoms with Crippen LogP contribution in [0, 0.1) is 0 Å². The average molecular weight is 371 g/mol. The molecule has 0 spiro atoms. The topological polar surface area (TPSA) is 93.6 Å². The number of methoxy groups -OCH3 is 1. The number of piperidine rings is 1. The van der Waals surface area contributed by atoms with E-state index in [1.165, 1.54) is 12.0 Å². The van der Waals surface area contributed by atoms with Crippen LogP contribution in [-0.2, 0) is 14.3 Å². The van der Waals surface area contributed by atoms with Crippen molar-refractivity contribution in [2.45, 2.75) is 51.3 Å². The Morgan fingerprint density at radius 3 is 2.56 bits per heavy atom. The van der Waals surface area contributed by atoms with Crippen LogP contribution in [0.5, 0.6) is 0 Å². The molecule has 2 heterocycles. The standard InChI is InChI=1S/C16H23ClN4O4/c1-16(2,3)25-15(23)21-9-10(5-6-11(21)14(22)24-4)18-13-8-7-12(17)19-20-13/h7-8,10-11H,5-6,9H2,1-4H3,(H,18,20). The second kappa shape index (κ2) is 7.86. The fourth-order valence-corrected chi connectivity index (χ4v) is 2.70. The molecule has 1 fully saturated rings. The maximum Gasteiger partial charge on any atom is 0.411 e. The highest BCUT2D eigenvalue weighted by Gasteiger charge is 2.38. The number of hydrogen-bond donors (Lipinski definition) is 1. The zero-order valence-corrected chi connectivity index (χ0v) is 15.5. The Labute approximate surface area is 151 Å². The molecule has 8 nitrogen and oxygen atoms in total. The second-order valence-electron chi connectivity index (χ2n) is 6.83. The zero-order chi connectivity index (χ0) is 18.6. The van der Waals surface area contributed by atoms with E-state index in [9.17, 15) is 9.59 Å². The van der Waals surface area contributed by atoms with Gasteiger partial charge in [0.05, 0.1) is 7.11 Å². The van der Waals surface area contributed by atoms with E-state index < -0.39 is 23.7 Å². The number of ether oxygens (including phenoxy) is 2. The van der Waals surface area contributed by atoms with Gasteiger partial charge >= 0.3 is 12.1 Å². The van der Waals surface area contributed by atoms with E-state index in [4.69, 9.17) is 21.1 Å². The van der Waals surface area contributed by atoms with Crippen LogP contribution in [0.4, 0.5) is 10.6 Å². The van der Waals surface area contributed by atoms with Crippen LogP contribution in [0.15, 0.2) is 12.1 Å². The van der Waals surface area contributed by atoms with Gasteiger partial charge in [0.2, 0.25) is 0 Å². The summed E-state index contributed by atoms with van der Waals surface area (Å²) >= 11 is 5.73. The minimum atomic E-state index is -0.658. The minimum Gasteiger partial charge on any atom is -0.467 e. The van der Waals surface area contributed by atoms with Crippen molar-refractivity contribution in [2.75, 3.05) is 19.0 Å². The van der Waals surface area contributed by atoms with Crippen molar-refractivity contribution in [3.05, 3.63) is 17.3 Å². The predicted molar refractivity (Wildman–Crippen MR) is 92.4 cm³/mol. The summed E-state index contributed by atoms with van der Waals surface area (Å²) in [6.45, 7) is 5.63. The Bertz CT molecular complexity index is 618. The normalized spacial score (nSPS) is 20.8. The molecule has 1 aromatic rings. The number of halogens is 1. The molecule has 1 N–H and O–H groups in total. The van der Waals surface area contributed by atoms with Crippen LogP contribution in [0.2, 0.25) is 5.15 Å². The van der Waals surface area contributed by atoms with Gasteiger partial charge in [-0.2, -0.15) is 0 Å². The van der Waals surface area contributed by atoms with Gasteiger partial charge in [-0.1, -0.05) is 11.6 Å². The first-order valence-electron chi connectivity index (χ1n) is 8.03. The van der Waals surface area contributed by atoms with Crippen LogP contribution in [0.3, 0.4) is 0 Å². The van der Waals surface area contributed by atoms with Gasteiger partial charge in [-0.3, -0.25) is 4.90 Å². The highest BCUT2D eigenvalue weighted by atomic mass is 35.5. The maximum absolute atomic E-state index is 12.5. The van der Waals surface area contributed by atoms with Crippen molar-refractivity contribution in [3.63, 3.8) is 0 Å². The van der Waals surface area contributed by atoms with E-state index in [0.717, 1.165) is 0 Å². The lowest BCUT2D eigenvalue weighted by molar-refractivity contribution is -0.148. The van der Waals surface area contributed by atoms with E-state index in [-0.39, 0.29) is 6.04 Å². The van der Waals surface area contributed by atoms with Gasteiger partial charge in [0.1, 0.15) is 17.5 Å². The Balaban J connectivity index is 2.10. The van der Waals surface area contributed by atoms with Crippen molar-refractivity contribution in [1.82, 2.24) is 15.1 Å². The molecule has 2 rings (SSSR count). The number of aromatic nitrogens is 2. The summed E-state index contributed by atoms with van der Waals surface area (Å²) in [7, 11) is 1.31. The van der Waals surface area contributed by atoms with Crippen molar-refractivity contribution in [1.29, 1.82) is 0 Å². The van der Waals surface area contributed by atoms with Gasteiger partial charge < -0.3 is 14.8 Å². The molecule has 2 atom stereocenters. The summed E-state index contributed by atoms with van der Waals surface area (Å²) in [6, 6.07) is 2.58. The smallest absolute Gasteiger partial charge is 0.411 e. The van der Waals surface area contributed by atoms with Crippen molar-refractivity contribution < 1.29 is 19.1 Å². The van der Waals surface area contributed by atoms with Gasteiger partial charge in [-0.15, -0.1) is 10.2 Å². The fraction of sp³-hybridized carbons (Fsp3) is 0.625. The van der Waals surface area contributed by atoms with Crippen molar-refractivity contribution >= 4 is 29.5 Å². The molecule has 9 heteroatoms. The highest BCUT2D eigenvalue weighted by Crippen LogP contribution is 2.23. The number of nitrogens with zero attached hydrogens (tertiary/aromatic N) is 3. The van der Waals surface area contributed by atoms with Gasteiger partial charge in [-0.25, -0.2) is 9.59 Å². The molecule has 0 bridgehead atoms. The van der Waals surface area contributed by atoms with E-state index in [1.54, 1.807) is 32.9 Å². The van der Waals surface area contributed by atoms with Crippen LogP contribution >= 0.6 is 11.6 Å². The maximum atomic E-state index is 12.5. The zero-order valence-electron chi connectivity index (χ0n) is 14.8. The Hall–Kier alpha value is -2.09. The first kappa shape index (κ1) is 19.2. The first-order valence-corrected chi connectivity index (χ1v) is 8.40. The second-order valence-corrected chi connectivity index (χ2v) is 7.22. The van der Waals surface area contributed by atoms with E-state index in [0.29, 0.717) is 30.4 Å². The van der Waals surface area contributed by atoms with Gasteiger partial charge in [0.15, 0.2) is 5.15 Å². The molecule has 1 aliphatic heterocycles. The van der Waals surface area contributed by atoms with Crippen molar-refractivity contribution in [2.24, 2.45) is 0 Å². The lowest BCUT2D eigenvalue weighted by Gasteiger charge is -2.38. The number of carbonyl (C=O) groups excluding carboxylic acids is 2. The number of nitrogens with one attached hydrogen (secondary N) is 1. The molecule has 1 aromatic heterocycles. The quantitative estimate of drug-likeness (QED) is 0.817. The third-order valence-electron chi connectivity index (χ3n) is 3.67. The highest BCUT2D eigenvalue weighted by molar-refractivity contribution is 6.29. The van der Waals surface area contributed by atoms with Gasteiger partial charge in [0, 0.05) is 12.6 Å². The fourth-order valence-electron chi connectivity index (χ4n) is 2.59. The molecule has 0 aromatic carbocycles. The number of hydrogen-bond acceptors (Lipinski definition) is 7. The summed E-state index contributed by atoms with van der Waals surface area (Å²) in [5.41, 5.74) is -0.653. The molecule has 1 amide bonds. The SMILES string of the molecule is COC(=O)C1CCC(Nc2ccc(Cl)nn2)CN1C(=O)OC(C)(C)C. The number of carbonyl (C=O) groups is 2. The van der Waals surface area contributed by atoms with Gasteiger partial charge in [-0.05, 0) is 45.7 Å². The van der Waals surface area contributed by atoms with Crippen LogP contribution in [-0.4, -0.2) is 58.5 Å². The molecule has 138 valence electrons. The van der Waals surface area contributed by atoms with E-state index in [1.807, 2.05) is 0 Å². The molecular weight excluding hydrogens is 348 g/mol. The van der Waals surface area contributed by atoms with Gasteiger partial charge in [0.25, 0.3) is 0 Å². The molecule has 0 aliphatic carbocycles. The number of rotatable bonds is 3. The molecule has 0 saturated carbocycles. The molecular formula is C16H23ClN4O4. The number of anilines is 1. The molecule has 1 saturated heterocycles. The third kappa shape index (κ3) is 5.45. The predicted octanol–water partition coefficient (Wildman–Crippen LogP) is 2.48. The average Bonchev–Trinajstić information content (AvgIpc) is 2.54. The summed E-state index contributed by atoms with van der Waals surface area (Å²) in [6.07, 6.45) is 0.588. The lowest BCUT2D eigenvalue weighted by Crippen LogP contribution is -2.55. The Kier molecular flexibility index (Phi) is 6.05. The molecule has 0 radical (unpaired) electrons. The first-order chi connectivity index (χ1) is 11.7. The Morgan fingerprint density at radius 2 is 2.00 bits per heavy atom. The minimum absolute atomic E-state index is 0.0936. The summed E-state index contributed by atoms with van der Waals surface area (Å²) in [5.74, 6) is 0.102.